The molecule has 1 atom stereocenters. The highest BCUT2D eigenvalue weighted by Crippen LogP contribution is 2.22. The number of aliphatic hydroxyl groups excluding tert-OH is 2. The molecule has 3 aromatic rings. The molecule has 23 heavy (non-hydrogen) atoms. The fraction of sp³-hybridized carbons (Fsp3) is 0.294. The molecule has 0 saturated heterocycles. The van der Waals surface area contributed by atoms with Crippen molar-refractivity contribution in [3.05, 3.63) is 52.1 Å². The standard InChI is InChI=1S/C17H19N3O3/c1-10-5-11(2)15-12(6-10)7-14(17(23)19-15)16-18-3-4-20(16)8-13(22)9-21/h3-7,13,21-22H,8-9H2,1-2H3,(H,19,23). The predicted octanol–water partition coefficient (Wildman–Crippen LogP) is 1.36. The third-order valence-corrected chi connectivity index (χ3v) is 3.87. The Morgan fingerprint density at radius 2 is 2.09 bits per heavy atom. The van der Waals surface area contributed by atoms with Crippen molar-refractivity contribution < 1.29 is 10.2 Å². The minimum Gasteiger partial charge on any atom is -0.394 e. The number of pyridine rings is 1. The third kappa shape index (κ3) is 2.91. The van der Waals surface area contributed by atoms with Crippen molar-refractivity contribution >= 4 is 10.9 Å². The largest absolute Gasteiger partial charge is 0.394 e. The lowest BCUT2D eigenvalue weighted by atomic mass is 10.1. The second kappa shape index (κ2) is 5.98. The summed E-state index contributed by atoms with van der Waals surface area (Å²) in [5.74, 6) is 0.472. The Morgan fingerprint density at radius 3 is 2.83 bits per heavy atom. The minimum absolute atomic E-state index is 0.177. The second-order valence-corrected chi connectivity index (χ2v) is 5.80. The molecule has 6 heteroatoms. The molecule has 2 aromatic heterocycles. The van der Waals surface area contributed by atoms with Gasteiger partial charge >= 0.3 is 0 Å². The van der Waals surface area contributed by atoms with Gasteiger partial charge in [0.05, 0.1) is 30.3 Å². The summed E-state index contributed by atoms with van der Waals surface area (Å²) in [6, 6.07) is 5.85. The summed E-state index contributed by atoms with van der Waals surface area (Å²) in [6.45, 7) is 3.81. The molecule has 0 radical (unpaired) electrons. The molecule has 120 valence electrons. The number of aryl methyl sites for hydroxylation is 2. The van der Waals surface area contributed by atoms with Crippen molar-refractivity contribution in [1.29, 1.82) is 0 Å². The molecule has 3 N–H and O–H groups in total. The van der Waals surface area contributed by atoms with Gasteiger partial charge in [-0.25, -0.2) is 4.98 Å². The lowest BCUT2D eigenvalue weighted by Crippen LogP contribution is -2.21. The minimum atomic E-state index is -0.896. The molecule has 0 amide bonds. The number of nitrogens with zero attached hydrogens (tertiary/aromatic N) is 2. The summed E-state index contributed by atoms with van der Waals surface area (Å²) in [4.78, 5) is 19.6. The van der Waals surface area contributed by atoms with Gasteiger partial charge < -0.3 is 19.8 Å². The molecule has 1 unspecified atom stereocenters. The maximum atomic E-state index is 12.5. The van der Waals surface area contributed by atoms with Crippen LogP contribution < -0.4 is 5.56 Å². The first kappa shape index (κ1) is 15.5. The summed E-state index contributed by atoms with van der Waals surface area (Å²) in [5, 5.41) is 19.6. The van der Waals surface area contributed by atoms with Crippen LogP contribution in [0.15, 0.2) is 35.4 Å². The zero-order chi connectivity index (χ0) is 16.6. The van der Waals surface area contributed by atoms with Gasteiger partial charge in [-0.15, -0.1) is 0 Å². The van der Waals surface area contributed by atoms with Crippen LogP contribution in [-0.4, -0.2) is 37.5 Å². The number of H-pyrrole nitrogens is 1. The van der Waals surface area contributed by atoms with Gasteiger partial charge in [-0.1, -0.05) is 11.6 Å². The van der Waals surface area contributed by atoms with Crippen LogP contribution in [-0.2, 0) is 6.54 Å². The first-order valence-corrected chi connectivity index (χ1v) is 7.44. The predicted molar refractivity (Wildman–Crippen MR) is 88.4 cm³/mol. The number of aliphatic hydroxyl groups is 2. The Morgan fingerprint density at radius 1 is 1.30 bits per heavy atom. The van der Waals surface area contributed by atoms with Crippen LogP contribution >= 0.6 is 0 Å². The molecular weight excluding hydrogens is 294 g/mol. The van der Waals surface area contributed by atoms with Crippen LogP contribution in [0.1, 0.15) is 11.1 Å². The molecule has 1 aromatic carbocycles. The van der Waals surface area contributed by atoms with Crippen molar-refractivity contribution in [3.8, 4) is 11.4 Å². The molecule has 0 bridgehead atoms. The molecule has 0 aliphatic carbocycles. The van der Waals surface area contributed by atoms with Crippen molar-refractivity contribution in [2.75, 3.05) is 6.61 Å². The van der Waals surface area contributed by atoms with E-state index >= 15 is 0 Å². The maximum absolute atomic E-state index is 12.5. The van der Waals surface area contributed by atoms with Gasteiger partial charge in [0.2, 0.25) is 0 Å². The third-order valence-electron chi connectivity index (χ3n) is 3.87. The highest BCUT2D eigenvalue weighted by atomic mass is 16.3. The lowest BCUT2D eigenvalue weighted by molar-refractivity contribution is 0.0815. The smallest absolute Gasteiger partial charge is 0.259 e. The van der Waals surface area contributed by atoms with E-state index in [4.69, 9.17) is 5.11 Å². The summed E-state index contributed by atoms with van der Waals surface area (Å²) in [5.41, 5.74) is 3.17. The molecule has 0 aliphatic heterocycles. The van der Waals surface area contributed by atoms with Gasteiger partial charge in [-0.05, 0) is 36.9 Å². The van der Waals surface area contributed by atoms with Crippen LogP contribution in [0, 0.1) is 13.8 Å². The van der Waals surface area contributed by atoms with Crippen LogP contribution in [0.2, 0.25) is 0 Å². The average Bonchev–Trinajstić information content (AvgIpc) is 2.95. The van der Waals surface area contributed by atoms with E-state index in [-0.39, 0.29) is 18.7 Å². The van der Waals surface area contributed by atoms with Crippen LogP contribution in [0.3, 0.4) is 0 Å². The van der Waals surface area contributed by atoms with E-state index in [2.05, 4.69) is 9.97 Å². The summed E-state index contributed by atoms with van der Waals surface area (Å²) in [6.07, 6.45) is 2.36. The van der Waals surface area contributed by atoms with Crippen LogP contribution in [0.25, 0.3) is 22.3 Å². The molecule has 3 rings (SSSR count). The van der Waals surface area contributed by atoms with Crippen molar-refractivity contribution in [2.45, 2.75) is 26.5 Å². The van der Waals surface area contributed by atoms with E-state index in [1.807, 2.05) is 32.0 Å². The molecule has 0 fully saturated rings. The fourth-order valence-corrected chi connectivity index (χ4v) is 2.84. The van der Waals surface area contributed by atoms with Crippen LogP contribution in [0.5, 0.6) is 0 Å². The molecule has 2 heterocycles. The van der Waals surface area contributed by atoms with Gasteiger partial charge in [-0.2, -0.15) is 0 Å². The molecule has 0 saturated carbocycles. The Hall–Kier alpha value is -2.44. The fourth-order valence-electron chi connectivity index (χ4n) is 2.84. The summed E-state index contributed by atoms with van der Waals surface area (Å²) >= 11 is 0. The maximum Gasteiger partial charge on any atom is 0.259 e. The lowest BCUT2D eigenvalue weighted by Gasteiger charge is -2.12. The Balaban J connectivity index is 2.16. The highest BCUT2D eigenvalue weighted by molar-refractivity contribution is 5.85. The van der Waals surface area contributed by atoms with E-state index in [0.717, 1.165) is 22.0 Å². The zero-order valence-corrected chi connectivity index (χ0v) is 13.1. The Labute approximate surface area is 133 Å². The number of aromatic nitrogens is 3. The SMILES string of the molecule is Cc1cc(C)c2[nH]c(=O)c(-c3nccn3CC(O)CO)cc2c1. The van der Waals surface area contributed by atoms with E-state index < -0.39 is 6.10 Å². The van der Waals surface area contributed by atoms with E-state index in [1.54, 1.807) is 17.0 Å². The van der Waals surface area contributed by atoms with E-state index in [9.17, 15) is 9.90 Å². The van der Waals surface area contributed by atoms with Gasteiger partial charge in [0.1, 0.15) is 5.82 Å². The van der Waals surface area contributed by atoms with Crippen LogP contribution in [0.4, 0.5) is 0 Å². The van der Waals surface area contributed by atoms with Crippen molar-refractivity contribution in [3.63, 3.8) is 0 Å². The summed E-state index contributed by atoms with van der Waals surface area (Å²) in [7, 11) is 0. The molecule has 0 aliphatic rings. The number of benzene rings is 1. The van der Waals surface area contributed by atoms with E-state index in [1.165, 1.54) is 0 Å². The van der Waals surface area contributed by atoms with Crippen molar-refractivity contribution in [1.82, 2.24) is 14.5 Å². The normalized spacial score (nSPS) is 12.7. The quantitative estimate of drug-likeness (QED) is 0.678. The Bertz CT molecular complexity index is 911. The average molecular weight is 313 g/mol. The number of nitrogens with one attached hydrogen (secondary N) is 1. The van der Waals surface area contributed by atoms with Gasteiger partial charge in [0, 0.05) is 12.4 Å². The first-order chi connectivity index (χ1) is 11.0. The highest BCUT2D eigenvalue weighted by Gasteiger charge is 2.14. The Kier molecular flexibility index (Phi) is 4.02. The monoisotopic (exact) mass is 313 g/mol. The zero-order valence-electron chi connectivity index (χ0n) is 13.1. The van der Waals surface area contributed by atoms with Gasteiger partial charge in [0.25, 0.3) is 5.56 Å². The number of fused-ring (bicyclic) bond motifs is 1. The number of hydrogen-bond acceptors (Lipinski definition) is 4. The molecular formula is C17H19N3O3. The second-order valence-electron chi connectivity index (χ2n) is 5.80. The van der Waals surface area contributed by atoms with Gasteiger partial charge in [0.15, 0.2) is 0 Å². The number of imidazole rings is 1. The van der Waals surface area contributed by atoms with Gasteiger partial charge in [-0.3, -0.25) is 4.79 Å². The van der Waals surface area contributed by atoms with E-state index in [0.29, 0.717) is 11.4 Å². The van der Waals surface area contributed by atoms with Crippen molar-refractivity contribution in [2.24, 2.45) is 0 Å². The number of hydrogen-bond donors (Lipinski definition) is 3. The topological polar surface area (TPSA) is 91.1 Å². The number of aromatic amines is 1. The molecule has 0 spiro atoms. The number of rotatable bonds is 4. The first-order valence-electron chi connectivity index (χ1n) is 7.44. The molecule has 6 nitrogen and oxygen atoms in total. The summed E-state index contributed by atoms with van der Waals surface area (Å²) < 4.78 is 1.67.